The summed E-state index contributed by atoms with van der Waals surface area (Å²) in [7, 11) is 0. The Hall–Kier alpha value is -1.50. The fourth-order valence-corrected chi connectivity index (χ4v) is 4.23. The van der Waals surface area contributed by atoms with Crippen LogP contribution in [0, 0.1) is 6.92 Å². The minimum absolute atomic E-state index is 0.0591. The van der Waals surface area contributed by atoms with Crippen LogP contribution < -0.4 is 5.73 Å². The standard InChI is InChI=1S/C18H18ClF3N2S/c1-10-8-14(25-9-10)16-11(4-2-3-7-23)15-13(19)6-5-12(17(15)24-16)18(20,21)22/h5-6,8-9,24H,2-4,7,23H2,1H3. The molecule has 3 N–H and O–H groups in total. The number of halogens is 4. The van der Waals surface area contributed by atoms with Crippen molar-refractivity contribution in [2.75, 3.05) is 6.54 Å². The van der Waals surface area contributed by atoms with Crippen molar-refractivity contribution in [2.45, 2.75) is 32.4 Å². The van der Waals surface area contributed by atoms with E-state index in [4.69, 9.17) is 17.3 Å². The Morgan fingerprint density at radius 2 is 2.00 bits per heavy atom. The summed E-state index contributed by atoms with van der Waals surface area (Å²) in [5, 5.41) is 2.78. The van der Waals surface area contributed by atoms with E-state index < -0.39 is 11.7 Å². The number of H-pyrrole nitrogens is 1. The summed E-state index contributed by atoms with van der Waals surface area (Å²) in [4.78, 5) is 3.93. The average molecular weight is 387 g/mol. The second kappa shape index (κ2) is 7.02. The molecule has 7 heteroatoms. The van der Waals surface area contributed by atoms with E-state index >= 15 is 0 Å². The van der Waals surface area contributed by atoms with E-state index in [1.165, 1.54) is 17.4 Å². The first-order valence-corrected chi connectivity index (χ1v) is 9.24. The third kappa shape index (κ3) is 3.57. The van der Waals surface area contributed by atoms with E-state index in [9.17, 15) is 13.2 Å². The molecule has 25 heavy (non-hydrogen) atoms. The van der Waals surface area contributed by atoms with Gasteiger partial charge < -0.3 is 10.7 Å². The van der Waals surface area contributed by atoms with Crippen LogP contribution in [-0.4, -0.2) is 11.5 Å². The predicted molar refractivity (Wildman–Crippen MR) is 98.4 cm³/mol. The highest BCUT2D eigenvalue weighted by Gasteiger charge is 2.34. The Kier molecular flexibility index (Phi) is 5.14. The molecule has 2 aromatic heterocycles. The van der Waals surface area contributed by atoms with Gasteiger partial charge in [0.05, 0.1) is 26.7 Å². The third-order valence-electron chi connectivity index (χ3n) is 4.17. The minimum atomic E-state index is -4.44. The van der Waals surface area contributed by atoms with Crippen LogP contribution in [-0.2, 0) is 12.6 Å². The van der Waals surface area contributed by atoms with E-state index in [2.05, 4.69) is 4.98 Å². The summed E-state index contributed by atoms with van der Waals surface area (Å²) in [5.74, 6) is 0. The molecule has 0 aliphatic rings. The van der Waals surface area contributed by atoms with Crippen molar-refractivity contribution in [3.63, 3.8) is 0 Å². The first kappa shape index (κ1) is 18.3. The normalized spacial score (nSPS) is 12.2. The Morgan fingerprint density at radius 1 is 1.24 bits per heavy atom. The molecule has 3 rings (SSSR count). The number of hydrogen-bond acceptors (Lipinski definition) is 2. The molecular weight excluding hydrogens is 369 g/mol. The van der Waals surface area contributed by atoms with E-state index in [0.29, 0.717) is 23.4 Å². The molecule has 0 radical (unpaired) electrons. The van der Waals surface area contributed by atoms with Crippen molar-refractivity contribution in [1.82, 2.24) is 4.98 Å². The molecule has 2 nitrogen and oxygen atoms in total. The van der Waals surface area contributed by atoms with Gasteiger partial charge in [0, 0.05) is 5.39 Å². The zero-order chi connectivity index (χ0) is 18.2. The fourth-order valence-electron chi connectivity index (χ4n) is 3.03. The molecule has 0 bridgehead atoms. The van der Waals surface area contributed by atoms with Gasteiger partial charge in [0.2, 0.25) is 0 Å². The maximum Gasteiger partial charge on any atom is 0.418 e. The molecular formula is C18H18ClF3N2S. The maximum atomic E-state index is 13.4. The highest BCUT2D eigenvalue weighted by molar-refractivity contribution is 7.13. The predicted octanol–water partition coefficient (Wildman–Crippen LogP) is 6.16. The SMILES string of the molecule is Cc1csc(-c2[nH]c3c(C(F)(F)F)ccc(Cl)c3c2CCCCN)c1. The van der Waals surface area contributed by atoms with Crippen LogP contribution in [0.25, 0.3) is 21.5 Å². The van der Waals surface area contributed by atoms with Gasteiger partial charge in [-0.1, -0.05) is 11.6 Å². The molecule has 0 amide bonds. The third-order valence-corrected chi connectivity index (χ3v) is 5.55. The lowest BCUT2D eigenvalue weighted by atomic mass is 10.0. The second-order valence-corrected chi connectivity index (χ2v) is 7.37. The zero-order valence-corrected chi connectivity index (χ0v) is 15.2. The van der Waals surface area contributed by atoms with Crippen molar-refractivity contribution >= 4 is 33.8 Å². The van der Waals surface area contributed by atoms with Gasteiger partial charge in [0.15, 0.2) is 0 Å². The van der Waals surface area contributed by atoms with Gasteiger partial charge in [-0.2, -0.15) is 13.2 Å². The molecule has 0 saturated heterocycles. The summed E-state index contributed by atoms with van der Waals surface area (Å²) in [6.45, 7) is 2.52. The summed E-state index contributed by atoms with van der Waals surface area (Å²) in [5.41, 5.74) is 7.57. The van der Waals surface area contributed by atoms with Gasteiger partial charge >= 0.3 is 6.18 Å². The summed E-state index contributed by atoms with van der Waals surface area (Å²) in [6, 6.07) is 4.34. The molecule has 0 unspecified atom stereocenters. The van der Waals surface area contributed by atoms with E-state index in [-0.39, 0.29) is 5.52 Å². The number of aromatic amines is 1. The molecule has 1 aromatic carbocycles. The lowest BCUT2D eigenvalue weighted by Crippen LogP contribution is -2.05. The van der Waals surface area contributed by atoms with Gasteiger partial charge in [0.1, 0.15) is 0 Å². The molecule has 0 fully saturated rings. The van der Waals surface area contributed by atoms with Crippen LogP contribution in [0.1, 0.15) is 29.5 Å². The van der Waals surface area contributed by atoms with E-state index in [0.717, 1.165) is 40.6 Å². The van der Waals surface area contributed by atoms with Crippen molar-refractivity contribution in [3.8, 4) is 10.6 Å². The Bertz CT molecular complexity index is 896. The molecule has 0 aliphatic heterocycles. The van der Waals surface area contributed by atoms with Crippen molar-refractivity contribution in [3.05, 3.63) is 45.3 Å². The molecule has 3 aromatic rings. The number of unbranched alkanes of at least 4 members (excludes halogenated alkanes) is 1. The van der Waals surface area contributed by atoms with E-state index in [1.54, 1.807) is 0 Å². The largest absolute Gasteiger partial charge is 0.418 e. The Morgan fingerprint density at radius 3 is 2.60 bits per heavy atom. The first-order valence-electron chi connectivity index (χ1n) is 7.98. The number of hydrogen-bond donors (Lipinski definition) is 2. The number of nitrogens with two attached hydrogens (primary N) is 1. The number of thiophene rings is 1. The topological polar surface area (TPSA) is 41.8 Å². The molecule has 0 saturated carbocycles. The first-order chi connectivity index (χ1) is 11.8. The highest BCUT2D eigenvalue weighted by Crippen LogP contribution is 2.43. The zero-order valence-electron chi connectivity index (χ0n) is 13.6. The van der Waals surface area contributed by atoms with Crippen LogP contribution in [0.2, 0.25) is 5.02 Å². The Labute approximate surface area is 152 Å². The van der Waals surface area contributed by atoms with Crippen LogP contribution in [0.4, 0.5) is 13.2 Å². The number of nitrogens with one attached hydrogen (secondary N) is 1. The number of fused-ring (bicyclic) bond motifs is 1. The van der Waals surface area contributed by atoms with Crippen molar-refractivity contribution in [1.29, 1.82) is 0 Å². The van der Waals surface area contributed by atoms with Gasteiger partial charge in [-0.25, -0.2) is 0 Å². The van der Waals surface area contributed by atoms with Crippen LogP contribution in [0.15, 0.2) is 23.6 Å². The van der Waals surface area contributed by atoms with Crippen LogP contribution in [0.5, 0.6) is 0 Å². The van der Waals surface area contributed by atoms with E-state index in [1.807, 2.05) is 18.4 Å². The highest BCUT2D eigenvalue weighted by atomic mass is 35.5. The van der Waals surface area contributed by atoms with Crippen LogP contribution >= 0.6 is 22.9 Å². The smallest absolute Gasteiger partial charge is 0.353 e. The number of alkyl halides is 3. The number of rotatable bonds is 5. The Balaban J connectivity index is 2.26. The minimum Gasteiger partial charge on any atom is -0.353 e. The van der Waals surface area contributed by atoms with Gasteiger partial charge in [-0.05, 0) is 67.4 Å². The lowest BCUT2D eigenvalue weighted by Gasteiger charge is -2.09. The maximum absolute atomic E-state index is 13.4. The molecule has 0 aliphatic carbocycles. The summed E-state index contributed by atoms with van der Waals surface area (Å²) >= 11 is 7.80. The average Bonchev–Trinajstić information content (AvgIpc) is 3.11. The van der Waals surface area contributed by atoms with Gasteiger partial charge in [0.25, 0.3) is 0 Å². The summed E-state index contributed by atoms with van der Waals surface area (Å²) < 4.78 is 40.3. The number of aryl methyl sites for hydroxylation is 2. The van der Waals surface area contributed by atoms with Gasteiger partial charge in [-0.3, -0.25) is 0 Å². The van der Waals surface area contributed by atoms with Crippen molar-refractivity contribution < 1.29 is 13.2 Å². The lowest BCUT2D eigenvalue weighted by molar-refractivity contribution is -0.136. The summed E-state index contributed by atoms with van der Waals surface area (Å²) in [6.07, 6.45) is -2.20. The van der Waals surface area contributed by atoms with Crippen molar-refractivity contribution in [2.24, 2.45) is 5.73 Å². The molecule has 0 spiro atoms. The monoisotopic (exact) mass is 386 g/mol. The number of benzene rings is 1. The van der Waals surface area contributed by atoms with Crippen LogP contribution in [0.3, 0.4) is 0 Å². The molecule has 2 heterocycles. The second-order valence-electron chi connectivity index (χ2n) is 6.06. The quantitative estimate of drug-likeness (QED) is 0.507. The fraction of sp³-hybridized carbons (Fsp3) is 0.333. The number of aromatic nitrogens is 1. The molecule has 0 atom stereocenters. The molecule has 134 valence electrons. The van der Waals surface area contributed by atoms with Gasteiger partial charge in [-0.15, -0.1) is 11.3 Å².